The van der Waals surface area contributed by atoms with Crippen LogP contribution in [0.3, 0.4) is 0 Å². The van der Waals surface area contributed by atoms with Gasteiger partial charge < -0.3 is 5.11 Å². The van der Waals surface area contributed by atoms with Gasteiger partial charge in [0.25, 0.3) is 0 Å². The van der Waals surface area contributed by atoms with Crippen LogP contribution in [-0.4, -0.2) is 30.2 Å². The first-order valence-corrected chi connectivity index (χ1v) is 6.16. The fraction of sp³-hybridized carbons (Fsp3) is 0.538. The minimum absolute atomic E-state index is 0.262. The molecule has 88 valence electrons. The van der Waals surface area contributed by atoms with Gasteiger partial charge in [0.15, 0.2) is 0 Å². The zero-order valence-electron chi connectivity index (χ0n) is 9.56. The Morgan fingerprint density at radius 3 is 2.69 bits per heavy atom. The van der Waals surface area contributed by atoms with Crippen molar-refractivity contribution in [2.24, 2.45) is 5.92 Å². The van der Waals surface area contributed by atoms with E-state index in [-0.39, 0.29) is 6.61 Å². The van der Waals surface area contributed by atoms with Crippen LogP contribution in [0.1, 0.15) is 24.4 Å². The molecule has 2 atom stereocenters. The van der Waals surface area contributed by atoms with E-state index in [2.05, 4.69) is 24.1 Å². The zero-order chi connectivity index (χ0) is 11.5. The molecule has 0 bridgehead atoms. The SMILES string of the molecule is CN1CCCC(CO)C1c1ccc(Cl)cc1. The number of halogens is 1. The van der Waals surface area contributed by atoms with Gasteiger partial charge in [-0.05, 0) is 44.1 Å². The summed E-state index contributed by atoms with van der Waals surface area (Å²) in [5, 5.41) is 10.2. The smallest absolute Gasteiger partial charge is 0.0477 e. The maximum absolute atomic E-state index is 9.44. The summed E-state index contributed by atoms with van der Waals surface area (Å²) in [6, 6.07) is 8.31. The molecule has 1 aromatic carbocycles. The standard InChI is InChI=1S/C13H18ClNO/c1-15-8-2-3-11(9-16)13(15)10-4-6-12(14)7-5-10/h4-7,11,13,16H,2-3,8-9H2,1H3. The van der Waals surface area contributed by atoms with Crippen molar-refractivity contribution in [1.82, 2.24) is 4.90 Å². The third kappa shape index (κ3) is 2.40. The second-order valence-electron chi connectivity index (χ2n) is 4.56. The third-order valence-electron chi connectivity index (χ3n) is 3.45. The van der Waals surface area contributed by atoms with Crippen LogP contribution in [0.4, 0.5) is 0 Å². The minimum Gasteiger partial charge on any atom is -0.396 e. The van der Waals surface area contributed by atoms with Crippen molar-refractivity contribution in [2.75, 3.05) is 20.2 Å². The molecule has 1 aromatic rings. The summed E-state index contributed by atoms with van der Waals surface area (Å²) in [4.78, 5) is 2.33. The summed E-state index contributed by atoms with van der Waals surface area (Å²) in [6.45, 7) is 1.36. The second-order valence-corrected chi connectivity index (χ2v) is 5.00. The van der Waals surface area contributed by atoms with E-state index >= 15 is 0 Å². The molecule has 1 saturated heterocycles. The van der Waals surface area contributed by atoms with Gasteiger partial charge in [0.1, 0.15) is 0 Å². The van der Waals surface area contributed by atoms with Crippen LogP contribution >= 0.6 is 11.6 Å². The highest BCUT2D eigenvalue weighted by Gasteiger charge is 2.29. The Labute approximate surface area is 102 Å². The van der Waals surface area contributed by atoms with Gasteiger partial charge in [-0.1, -0.05) is 23.7 Å². The maximum atomic E-state index is 9.44. The van der Waals surface area contributed by atoms with Gasteiger partial charge in [-0.25, -0.2) is 0 Å². The molecule has 1 aliphatic heterocycles. The van der Waals surface area contributed by atoms with E-state index in [4.69, 9.17) is 11.6 Å². The number of benzene rings is 1. The van der Waals surface area contributed by atoms with E-state index in [1.165, 1.54) is 12.0 Å². The topological polar surface area (TPSA) is 23.5 Å². The lowest BCUT2D eigenvalue weighted by Gasteiger charge is -2.38. The number of aliphatic hydroxyl groups is 1. The fourth-order valence-electron chi connectivity index (χ4n) is 2.64. The second kappa shape index (κ2) is 5.17. The number of aliphatic hydroxyl groups excluding tert-OH is 1. The number of piperidine rings is 1. The summed E-state index contributed by atoms with van der Waals surface area (Å²) >= 11 is 5.89. The minimum atomic E-state index is 0.262. The summed E-state index contributed by atoms with van der Waals surface area (Å²) in [5.74, 6) is 0.347. The molecule has 0 aromatic heterocycles. The third-order valence-corrected chi connectivity index (χ3v) is 3.71. The van der Waals surface area contributed by atoms with E-state index in [0.717, 1.165) is 18.0 Å². The molecule has 1 heterocycles. The van der Waals surface area contributed by atoms with E-state index < -0.39 is 0 Å². The first kappa shape index (κ1) is 11.9. The predicted octanol–water partition coefficient (Wildman–Crippen LogP) is 2.72. The van der Waals surface area contributed by atoms with Crippen molar-refractivity contribution >= 4 is 11.6 Å². The number of likely N-dealkylation sites (tertiary alicyclic amines) is 1. The predicted molar refractivity (Wildman–Crippen MR) is 66.6 cm³/mol. The Balaban J connectivity index is 2.24. The fourth-order valence-corrected chi connectivity index (χ4v) is 2.76. The Hall–Kier alpha value is -0.570. The molecular formula is C13H18ClNO. The van der Waals surface area contributed by atoms with Crippen LogP contribution in [0.25, 0.3) is 0 Å². The van der Waals surface area contributed by atoms with Crippen LogP contribution in [0.2, 0.25) is 5.02 Å². The van der Waals surface area contributed by atoms with Crippen LogP contribution in [0.5, 0.6) is 0 Å². The molecule has 2 unspecified atom stereocenters. The maximum Gasteiger partial charge on any atom is 0.0477 e. The lowest BCUT2D eigenvalue weighted by Crippen LogP contribution is -2.37. The summed E-state index contributed by atoms with van der Waals surface area (Å²) in [5.41, 5.74) is 1.26. The average molecular weight is 240 g/mol. The molecule has 1 N–H and O–H groups in total. The summed E-state index contributed by atoms with van der Waals surface area (Å²) in [6.07, 6.45) is 2.28. The number of hydrogen-bond donors (Lipinski definition) is 1. The van der Waals surface area contributed by atoms with Gasteiger partial charge in [-0.15, -0.1) is 0 Å². The summed E-state index contributed by atoms with van der Waals surface area (Å²) < 4.78 is 0. The monoisotopic (exact) mass is 239 g/mol. The molecule has 1 aliphatic rings. The number of rotatable bonds is 2. The molecule has 16 heavy (non-hydrogen) atoms. The molecule has 0 aliphatic carbocycles. The van der Waals surface area contributed by atoms with E-state index in [1.807, 2.05) is 12.1 Å². The lowest BCUT2D eigenvalue weighted by atomic mass is 9.85. The molecule has 0 saturated carbocycles. The van der Waals surface area contributed by atoms with Crippen molar-refractivity contribution in [2.45, 2.75) is 18.9 Å². The van der Waals surface area contributed by atoms with Gasteiger partial charge in [0.05, 0.1) is 0 Å². The number of nitrogens with zero attached hydrogens (tertiary/aromatic N) is 1. The molecule has 3 heteroatoms. The molecule has 0 amide bonds. The summed E-state index contributed by atoms with van der Waals surface area (Å²) in [7, 11) is 2.13. The van der Waals surface area contributed by atoms with Crippen LogP contribution in [0.15, 0.2) is 24.3 Å². The lowest BCUT2D eigenvalue weighted by molar-refractivity contribution is 0.0743. The molecule has 1 fully saturated rings. The Bertz CT molecular complexity index is 338. The normalized spacial score (nSPS) is 26.9. The number of hydrogen-bond acceptors (Lipinski definition) is 2. The highest BCUT2D eigenvalue weighted by molar-refractivity contribution is 6.30. The van der Waals surface area contributed by atoms with Gasteiger partial charge >= 0.3 is 0 Å². The van der Waals surface area contributed by atoms with E-state index in [0.29, 0.717) is 12.0 Å². The largest absolute Gasteiger partial charge is 0.396 e. The van der Waals surface area contributed by atoms with Gasteiger partial charge in [0.2, 0.25) is 0 Å². The first-order chi connectivity index (χ1) is 7.72. The highest BCUT2D eigenvalue weighted by atomic mass is 35.5. The van der Waals surface area contributed by atoms with E-state index in [9.17, 15) is 5.11 Å². The van der Waals surface area contributed by atoms with E-state index in [1.54, 1.807) is 0 Å². The average Bonchev–Trinajstić information content (AvgIpc) is 2.30. The van der Waals surface area contributed by atoms with Gasteiger partial charge in [0, 0.05) is 23.6 Å². The molecule has 0 spiro atoms. The molecule has 2 nitrogen and oxygen atoms in total. The highest BCUT2D eigenvalue weighted by Crippen LogP contribution is 2.34. The first-order valence-electron chi connectivity index (χ1n) is 5.79. The van der Waals surface area contributed by atoms with Crippen LogP contribution in [0, 0.1) is 5.92 Å². The molecule has 2 rings (SSSR count). The molecular weight excluding hydrogens is 222 g/mol. The van der Waals surface area contributed by atoms with Crippen molar-refractivity contribution in [1.29, 1.82) is 0 Å². The van der Waals surface area contributed by atoms with Crippen LogP contribution in [-0.2, 0) is 0 Å². The Morgan fingerprint density at radius 2 is 2.06 bits per heavy atom. The van der Waals surface area contributed by atoms with Crippen molar-refractivity contribution in [3.63, 3.8) is 0 Å². The van der Waals surface area contributed by atoms with Gasteiger partial charge in [-0.2, -0.15) is 0 Å². The van der Waals surface area contributed by atoms with Crippen LogP contribution < -0.4 is 0 Å². The van der Waals surface area contributed by atoms with Gasteiger partial charge in [-0.3, -0.25) is 4.90 Å². The quantitative estimate of drug-likeness (QED) is 0.858. The van der Waals surface area contributed by atoms with Crippen molar-refractivity contribution in [3.8, 4) is 0 Å². The Kier molecular flexibility index (Phi) is 3.85. The van der Waals surface area contributed by atoms with Crippen molar-refractivity contribution in [3.05, 3.63) is 34.9 Å². The molecule has 0 radical (unpaired) electrons. The zero-order valence-corrected chi connectivity index (χ0v) is 10.3. The van der Waals surface area contributed by atoms with Crippen molar-refractivity contribution < 1.29 is 5.11 Å². The Morgan fingerprint density at radius 1 is 1.38 bits per heavy atom.